The summed E-state index contributed by atoms with van der Waals surface area (Å²) in [5.41, 5.74) is 4.10. The summed E-state index contributed by atoms with van der Waals surface area (Å²) in [6.45, 7) is 4.40. The highest BCUT2D eigenvalue weighted by atomic mass is 16.5. The maximum atomic E-state index is 12.8. The van der Waals surface area contributed by atoms with Crippen molar-refractivity contribution in [1.29, 1.82) is 0 Å². The Hall–Kier alpha value is -3.39. The molecule has 0 saturated carbocycles. The van der Waals surface area contributed by atoms with E-state index < -0.39 is 24.0 Å². The van der Waals surface area contributed by atoms with Gasteiger partial charge in [-0.1, -0.05) is 48.5 Å². The largest absolute Gasteiger partial charge is 0.481 e. The van der Waals surface area contributed by atoms with Gasteiger partial charge in [-0.3, -0.25) is 9.59 Å². The third-order valence-electron chi connectivity index (χ3n) is 6.51. The number of nitrogens with one attached hydrogen (secondary N) is 2. The van der Waals surface area contributed by atoms with E-state index in [0.717, 1.165) is 22.3 Å². The first-order chi connectivity index (χ1) is 16.1. The minimum atomic E-state index is -1.04. The number of amides is 2. The van der Waals surface area contributed by atoms with Crippen LogP contribution in [-0.2, 0) is 14.3 Å². The van der Waals surface area contributed by atoms with Crippen LogP contribution in [0.5, 0.6) is 0 Å². The summed E-state index contributed by atoms with van der Waals surface area (Å²) in [7, 11) is 3.81. The molecule has 0 bridgehead atoms. The standard InChI is InChI=1S/C26H33N3O5/c1-26(2,29(3)4)16-27-24(32)22(13-14-23(30)31)28-25(33)34-15-21-19-11-7-5-9-17(19)18-10-6-8-12-20(18)21/h5-12,21-22H,13-16H2,1-4H3,(H,27,32)(H,28,33)(H,30,31). The van der Waals surface area contributed by atoms with E-state index in [1.807, 2.05) is 69.2 Å². The molecule has 0 heterocycles. The Balaban J connectivity index is 1.64. The number of rotatable bonds is 10. The highest BCUT2D eigenvalue weighted by Gasteiger charge is 2.30. The maximum absolute atomic E-state index is 12.8. The number of aliphatic carboxylic acids is 1. The number of hydrogen-bond acceptors (Lipinski definition) is 5. The van der Waals surface area contributed by atoms with Crippen molar-refractivity contribution >= 4 is 18.0 Å². The SMILES string of the molecule is CN(C)C(C)(C)CNC(=O)C(CCC(=O)O)NC(=O)OCC1c2ccccc2-c2ccccc21. The van der Waals surface area contributed by atoms with E-state index in [4.69, 9.17) is 9.84 Å². The number of nitrogens with zero attached hydrogens (tertiary/aromatic N) is 1. The fourth-order valence-electron chi connectivity index (χ4n) is 3.90. The van der Waals surface area contributed by atoms with Crippen LogP contribution >= 0.6 is 0 Å². The van der Waals surface area contributed by atoms with Crippen LogP contribution in [0.4, 0.5) is 4.79 Å². The molecule has 0 saturated heterocycles. The Labute approximate surface area is 200 Å². The van der Waals surface area contributed by atoms with E-state index in [2.05, 4.69) is 22.8 Å². The van der Waals surface area contributed by atoms with Gasteiger partial charge in [-0.05, 0) is 56.6 Å². The Morgan fingerprint density at radius 2 is 1.59 bits per heavy atom. The normalized spacial score (nSPS) is 13.7. The van der Waals surface area contributed by atoms with Gasteiger partial charge in [-0.2, -0.15) is 0 Å². The van der Waals surface area contributed by atoms with Gasteiger partial charge in [0.15, 0.2) is 0 Å². The molecule has 3 rings (SSSR count). The van der Waals surface area contributed by atoms with E-state index in [9.17, 15) is 14.4 Å². The molecule has 1 aliphatic carbocycles. The molecular formula is C26H33N3O5. The van der Waals surface area contributed by atoms with Crippen molar-refractivity contribution in [3.63, 3.8) is 0 Å². The second-order valence-electron chi connectivity index (χ2n) is 9.38. The number of ether oxygens (including phenoxy) is 1. The Morgan fingerprint density at radius 1 is 1.03 bits per heavy atom. The predicted molar refractivity (Wildman–Crippen MR) is 130 cm³/mol. The van der Waals surface area contributed by atoms with Crippen molar-refractivity contribution in [1.82, 2.24) is 15.5 Å². The molecule has 1 aliphatic rings. The third-order valence-corrected chi connectivity index (χ3v) is 6.51. The molecule has 2 amide bonds. The minimum absolute atomic E-state index is 0.0340. The van der Waals surface area contributed by atoms with Gasteiger partial charge in [-0.15, -0.1) is 0 Å². The minimum Gasteiger partial charge on any atom is -0.481 e. The summed E-state index contributed by atoms with van der Waals surface area (Å²) in [5, 5.41) is 14.4. The number of hydrogen-bond donors (Lipinski definition) is 3. The Kier molecular flexibility index (Phi) is 7.94. The van der Waals surface area contributed by atoms with Crippen LogP contribution in [0.25, 0.3) is 11.1 Å². The summed E-state index contributed by atoms with van der Waals surface area (Å²) in [5.74, 6) is -1.59. The third kappa shape index (κ3) is 5.94. The lowest BCUT2D eigenvalue weighted by atomic mass is 9.98. The first-order valence-corrected chi connectivity index (χ1v) is 11.4. The maximum Gasteiger partial charge on any atom is 0.407 e. The van der Waals surface area contributed by atoms with Crippen LogP contribution in [-0.4, -0.2) is 66.8 Å². The first-order valence-electron chi connectivity index (χ1n) is 11.4. The molecule has 1 atom stereocenters. The molecule has 0 radical (unpaired) electrons. The van der Waals surface area contributed by atoms with Crippen molar-refractivity contribution in [2.24, 2.45) is 0 Å². The average molecular weight is 468 g/mol. The Morgan fingerprint density at radius 3 is 2.12 bits per heavy atom. The van der Waals surface area contributed by atoms with Crippen molar-refractivity contribution < 1.29 is 24.2 Å². The summed E-state index contributed by atoms with van der Waals surface area (Å²) in [6.07, 6.45) is -1.04. The smallest absolute Gasteiger partial charge is 0.407 e. The molecule has 8 heteroatoms. The average Bonchev–Trinajstić information content (AvgIpc) is 3.12. The molecule has 0 spiro atoms. The van der Waals surface area contributed by atoms with Gasteiger partial charge in [-0.25, -0.2) is 4.79 Å². The van der Waals surface area contributed by atoms with Crippen LogP contribution in [0.15, 0.2) is 48.5 Å². The fourth-order valence-corrected chi connectivity index (χ4v) is 3.90. The quantitative estimate of drug-likeness (QED) is 0.495. The molecule has 182 valence electrons. The number of benzene rings is 2. The number of carboxylic acid groups (broad SMARTS) is 1. The molecule has 3 N–H and O–H groups in total. The molecular weight excluding hydrogens is 434 g/mol. The molecule has 2 aromatic rings. The zero-order chi connectivity index (χ0) is 24.9. The molecule has 34 heavy (non-hydrogen) atoms. The lowest BCUT2D eigenvalue weighted by molar-refractivity contribution is -0.137. The number of carboxylic acids is 1. The van der Waals surface area contributed by atoms with Crippen LogP contribution in [0.2, 0.25) is 0 Å². The fraction of sp³-hybridized carbons (Fsp3) is 0.423. The molecule has 0 aliphatic heterocycles. The molecule has 8 nitrogen and oxygen atoms in total. The highest BCUT2D eigenvalue weighted by Crippen LogP contribution is 2.44. The lowest BCUT2D eigenvalue weighted by Crippen LogP contribution is -2.53. The summed E-state index contributed by atoms with van der Waals surface area (Å²) in [6, 6.07) is 15.0. The highest BCUT2D eigenvalue weighted by molar-refractivity contribution is 5.86. The number of likely N-dealkylation sites (N-methyl/N-ethyl adjacent to an activating group) is 1. The number of carbonyl (C=O) groups is 3. The van der Waals surface area contributed by atoms with Crippen LogP contribution in [0.3, 0.4) is 0 Å². The summed E-state index contributed by atoms with van der Waals surface area (Å²) >= 11 is 0. The summed E-state index contributed by atoms with van der Waals surface area (Å²) in [4.78, 5) is 38.4. The van der Waals surface area contributed by atoms with Crippen molar-refractivity contribution in [3.05, 3.63) is 59.7 Å². The van der Waals surface area contributed by atoms with E-state index in [1.54, 1.807) is 0 Å². The van der Waals surface area contributed by atoms with Gasteiger partial charge in [0, 0.05) is 24.4 Å². The van der Waals surface area contributed by atoms with Gasteiger partial charge < -0.3 is 25.4 Å². The molecule has 0 fully saturated rings. The Bertz CT molecular complexity index is 1000. The van der Waals surface area contributed by atoms with E-state index in [1.165, 1.54) is 0 Å². The zero-order valence-corrected chi connectivity index (χ0v) is 20.1. The first kappa shape index (κ1) is 25.2. The second kappa shape index (κ2) is 10.7. The van der Waals surface area contributed by atoms with Crippen LogP contribution in [0, 0.1) is 0 Å². The predicted octanol–water partition coefficient (Wildman–Crippen LogP) is 3.21. The van der Waals surface area contributed by atoms with Crippen molar-refractivity contribution in [2.45, 2.75) is 44.2 Å². The van der Waals surface area contributed by atoms with Crippen LogP contribution < -0.4 is 10.6 Å². The van der Waals surface area contributed by atoms with Gasteiger partial charge >= 0.3 is 12.1 Å². The molecule has 0 aromatic heterocycles. The zero-order valence-electron chi connectivity index (χ0n) is 20.1. The summed E-state index contributed by atoms with van der Waals surface area (Å²) < 4.78 is 5.53. The number of fused-ring (bicyclic) bond motifs is 3. The molecule has 2 aromatic carbocycles. The monoisotopic (exact) mass is 467 g/mol. The van der Waals surface area contributed by atoms with E-state index in [-0.39, 0.29) is 30.9 Å². The van der Waals surface area contributed by atoms with Crippen LogP contribution in [0.1, 0.15) is 43.7 Å². The van der Waals surface area contributed by atoms with Crippen molar-refractivity contribution in [3.8, 4) is 11.1 Å². The van der Waals surface area contributed by atoms with Gasteiger partial charge in [0.2, 0.25) is 5.91 Å². The van der Waals surface area contributed by atoms with Gasteiger partial charge in [0.05, 0.1) is 0 Å². The topological polar surface area (TPSA) is 108 Å². The van der Waals surface area contributed by atoms with Gasteiger partial charge in [0.25, 0.3) is 0 Å². The number of alkyl carbamates (subject to hydrolysis) is 1. The molecule has 1 unspecified atom stereocenters. The van der Waals surface area contributed by atoms with Crippen molar-refractivity contribution in [2.75, 3.05) is 27.2 Å². The van der Waals surface area contributed by atoms with E-state index in [0.29, 0.717) is 6.54 Å². The van der Waals surface area contributed by atoms with E-state index >= 15 is 0 Å². The van der Waals surface area contributed by atoms with Gasteiger partial charge in [0.1, 0.15) is 12.6 Å². The number of carbonyl (C=O) groups excluding carboxylic acids is 2. The second-order valence-corrected chi connectivity index (χ2v) is 9.38. The lowest BCUT2D eigenvalue weighted by Gasteiger charge is -2.33.